The Morgan fingerprint density at radius 2 is 1.71 bits per heavy atom. The molecule has 7 heteroatoms. The quantitative estimate of drug-likeness (QED) is 0.683. The molecule has 0 amide bonds. The van der Waals surface area contributed by atoms with Crippen LogP contribution in [0.3, 0.4) is 0 Å². The van der Waals surface area contributed by atoms with Crippen LogP contribution >= 0.6 is 0 Å². The fraction of sp³-hybridized carbons (Fsp3) is 0.214. The van der Waals surface area contributed by atoms with Crippen molar-refractivity contribution in [1.29, 1.82) is 0 Å². The van der Waals surface area contributed by atoms with Crippen molar-refractivity contribution >= 4 is 11.7 Å². The maximum atomic E-state index is 10.8. The predicted molar refractivity (Wildman–Crippen MR) is 74.9 cm³/mol. The van der Waals surface area contributed by atoms with E-state index < -0.39 is 10.9 Å². The molecule has 7 nitrogen and oxygen atoms in total. The molecule has 1 aromatic heterocycles. The van der Waals surface area contributed by atoms with E-state index in [4.69, 9.17) is 5.11 Å². The molecule has 21 heavy (non-hydrogen) atoms. The van der Waals surface area contributed by atoms with Gasteiger partial charge in [0, 0.05) is 34.6 Å². The maximum Gasteiger partial charge on any atom is 0.307 e. The van der Waals surface area contributed by atoms with E-state index >= 15 is 0 Å². The lowest BCUT2D eigenvalue weighted by atomic mass is 10.1. The fourth-order valence-electron chi connectivity index (χ4n) is 2.01. The zero-order valence-corrected chi connectivity index (χ0v) is 11.5. The van der Waals surface area contributed by atoms with E-state index in [0.717, 1.165) is 0 Å². The minimum absolute atomic E-state index is 0.00492. The van der Waals surface area contributed by atoms with Gasteiger partial charge < -0.3 is 5.11 Å². The molecule has 0 bridgehead atoms. The largest absolute Gasteiger partial charge is 0.481 e. The maximum absolute atomic E-state index is 10.8. The van der Waals surface area contributed by atoms with Crippen LogP contribution in [-0.4, -0.2) is 26.0 Å². The fourth-order valence-corrected chi connectivity index (χ4v) is 2.01. The van der Waals surface area contributed by atoms with Gasteiger partial charge in [-0.25, -0.2) is 9.97 Å². The van der Waals surface area contributed by atoms with Crippen molar-refractivity contribution in [2.75, 3.05) is 0 Å². The molecule has 0 fully saturated rings. The smallest absolute Gasteiger partial charge is 0.307 e. The number of nitrogens with zero attached hydrogens (tertiary/aromatic N) is 3. The average Bonchev–Trinajstić information content (AvgIpc) is 2.42. The van der Waals surface area contributed by atoms with Gasteiger partial charge in [-0.05, 0) is 26.0 Å². The summed E-state index contributed by atoms with van der Waals surface area (Å²) in [5, 5.41) is 19.5. The SMILES string of the molecule is Cc1nc(-c2ccc([N+](=O)[O-])cc2)nc(C)c1CC(=O)O. The number of carboxylic acids is 1. The normalized spacial score (nSPS) is 10.4. The highest BCUT2D eigenvalue weighted by atomic mass is 16.6. The Kier molecular flexibility index (Phi) is 3.93. The number of aliphatic carboxylic acids is 1. The van der Waals surface area contributed by atoms with Gasteiger partial charge >= 0.3 is 5.97 Å². The second-order valence-corrected chi connectivity index (χ2v) is 4.57. The van der Waals surface area contributed by atoms with Crippen LogP contribution in [0.25, 0.3) is 11.4 Å². The van der Waals surface area contributed by atoms with Crippen LogP contribution in [0.4, 0.5) is 5.69 Å². The molecule has 0 aliphatic rings. The van der Waals surface area contributed by atoms with E-state index in [0.29, 0.717) is 28.3 Å². The first-order valence-corrected chi connectivity index (χ1v) is 6.19. The summed E-state index contributed by atoms with van der Waals surface area (Å²) in [5.41, 5.74) is 2.42. The molecule has 0 saturated carbocycles. The van der Waals surface area contributed by atoms with Crippen LogP contribution in [-0.2, 0) is 11.2 Å². The minimum atomic E-state index is -0.937. The van der Waals surface area contributed by atoms with Gasteiger partial charge in [-0.15, -0.1) is 0 Å². The van der Waals surface area contributed by atoms with Crippen LogP contribution in [0, 0.1) is 24.0 Å². The van der Waals surface area contributed by atoms with Crippen LogP contribution in [0.2, 0.25) is 0 Å². The number of carboxylic acid groups (broad SMARTS) is 1. The lowest BCUT2D eigenvalue weighted by Gasteiger charge is -2.09. The second-order valence-electron chi connectivity index (χ2n) is 4.57. The first-order valence-electron chi connectivity index (χ1n) is 6.19. The van der Waals surface area contributed by atoms with Gasteiger partial charge in [0.05, 0.1) is 11.3 Å². The highest BCUT2D eigenvalue weighted by molar-refractivity contribution is 5.71. The van der Waals surface area contributed by atoms with Crippen molar-refractivity contribution < 1.29 is 14.8 Å². The summed E-state index contributed by atoms with van der Waals surface area (Å²) in [6, 6.07) is 5.91. The zero-order chi connectivity index (χ0) is 15.6. The van der Waals surface area contributed by atoms with Crippen molar-refractivity contribution in [3.63, 3.8) is 0 Å². The number of aromatic nitrogens is 2. The number of carbonyl (C=O) groups is 1. The third-order valence-electron chi connectivity index (χ3n) is 3.09. The number of nitro benzene ring substituents is 1. The lowest BCUT2D eigenvalue weighted by molar-refractivity contribution is -0.384. The summed E-state index contributed by atoms with van der Waals surface area (Å²) in [6.07, 6.45) is -0.127. The van der Waals surface area contributed by atoms with Crippen molar-refractivity contribution in [3.05, 3.63) is 51.3 Å². The first kappa shape index (κ1) is 14.6. The van der Waals surface area contributed by atoms with E-state index in [9.17, 15) is 14.9 Å². The van der Waals surface area contributed by atoms with E-state index in [1.165, 1.54) is 12.1 Å². The van der Waals surface area contributed by atoms with Crippen LogP contribution in [0.5, 0.6) is 0 Å². The summed E-state index contributed by atoms with van der Waals surface area (Å²) in [4.78, 5) is 29.5. The summed E-state index contributed by atoms with van der Waals surface area (Å²) in [5.74, 6) is -0.512. The van der Waals surface area contributed by atoms with Gasteiger partial charge in [0.1, 0.15) is 0 Å². The molecule has 0 atom stereocenters. The number of nitro groups is 1. The Hall–Kier alpha value is -2.83. The monoisotopic (exact) mass is 287 g/mol. The standard InChI is InChI=1S/C14H13N3O4/c1-8-12(7-13(18)19)9(2)16-14(15-8)10-3-5-11(6-4-10)17(20)21/h3-6H,7H2,1-2H3,(H,18,19). The molecule has 0 spiro atoms. The molecule has 0 unspecified atom stereocenters. The third-order valence-corrected chi connectivity index (χ3v) is 3.09. The average molecular weight is 287 g/mol. The summed E-state index contributed by atoms with van der Waals surface area (Å²) >= 11 is 0. The Morgan fingerprint density at radius 3 is 2.14 bits per heavy atom. The highest BCUT2D eigenvalue weighted by Crippen LogP contribution is 2.21. The molecule has 1 aromatic carbocycles. The van der Waals surface area contributed by atoms with Gasteiger partial charge in [0.2, 0.25) is 0 Å². The topological polar surface area (TPSA) is 106 Å². The molecular weight excluding hydrogens is 274 g/mol. The molecule has 2 aromatic rings. The number of benzene rings is 1. The zero-order valence-electron chi connectivity index (χ0n) is 11.5. The van der Waals surface area contributed by atoms with Crippen molar-refractivity contribution in [2.24, 2.45) is 0 Å². The van der Waals surface area contributed by atoms with Gasteiger partial charge in [-0.3, -0.25) is 14.9 Å². The molecule has 2 rings (SSSR count). The first-order chi connectivity index (χ1) is 9.88. The number of hydrogen-bond donors (Lipinski definition) is 1. The molecule has 108 valence electrons. The van der Waals surface area contributed by atoms with Crippen molar-refractivity contribution in [1.82, 2.24) is 9.97 Å². The number of aryl methyl sites for hydroxylation is 2. The molecule has 0 aliphatic carbocycles. The minimum Gasteiger partial charge on any atom is -0.481 e. The molecular formula is C14H13N3O4. The Labute approximate surface area is 120 Å². The lowest BCUT2D eigenvalue weighted by Crippen LogP contribution is -2.08. The Morgan fingerprint density at radius 1 is 1.19 bits per heavy atom. The van der Waals surface area contributed by atoms with Gasteiger partial charge in [0.25, 0.3) is 5.69 Å². The van der Waals surface area contributed by atoms with Crippen LogP contribution < -0.4 is 0 Å². The molecule has 1 N–H and O–H groups in total. The molecule has 1 heterocycles. The van der Waals surface area contributed by atoms with Crippen molar-refractivity contribution in [3.8, 4) is 11.4 Å². The van der Waals surface area contributed by atoms with Gasteiger partial charge in [-0.2, -0.15) is 0 Å². The summed E-state index contributed by atoms with van der Waals surface area (Å²) in [6.45, 7) is 3.45. The highest BCUT2D eigenvalue weighted by Gasteiger charge is 2.13. The molecule has 0 aliphatic heterocycles. The van der Waals surface area contributed by atoms with E-state index in [-0.39, 0.29) is 12.1 Å². The molecule has 0 saturated heterocycles. The number of rotatable bonds is 4. The van der Waals surface area contributed by atoms with E-state index in [1.807, 2.05) is 0 Å². The van der Waals surface area contributed by atoms with Gasteiger partial charge in [0.15, 0.2) is 5.82 Å². The number of hydrogen-bond acceptors (Lipinski definition) is 5. The van der Waals surface area contributed by atoms with E-state index in [2.05, 4.69) is 9.97 Å². The van der Waals surface area contributed by atoms with Gasteiger partial charge in [-0.1, -0.05) is 0 Å². The van der Waals surface area contributed by atoms with Crippen LogP contribution in [0.1, 0.15) is 17.0 Å². The third kappa shape index (κ3) is 3.19. The Balaban J connectivity index is 2.41. The van der Waals surface area contributed by atoms with E-state index in [1.54, 1.807) is 26.0 Å². The van der Waals surface area contributed by atoms with Crippen LogP contribution in [0.15, 0.2) is 24.3 Å². The summed E-state index contributed by atoms with van der Waals surface area (Å²) in [7, 11) is 0. The number of non-ortho nitro benzene ring substituents is 1. The summed E-state index contributed by atoms with van der Waals surface area (Å²) < 4.78 is 0. The predicted octanol–water partition coefficient (Wildman–Crippen LogP) is 2.30. The Bertz CT molecular complexity index is 688. The second kappa shape index (κ2) is 5.66. The molecule has 0 radical (unpaired) electrons. The van der Waals surface area contributed by atoms with Crippen molar-refractivity contribution in [2.45, 2.75) is 20.3 Å².